The van der Waals surface area contributed by atoms with E-state index in [1.54, 1.807) is 0 Å². The Balaban J connectivity index is 0. The zero-order valence-electron chi connectivity index (χ0n) is 20.7. The molecule has 0 aliphatic rings. The van der Waals surface area contributed by atoms with Gasteiger partial charge < -0.3 is 0 Å². The van der Waals surface area contributed by atoms with Gasteiger partial charge in [0.15, 0.2) is 0 Å². The van der Waals surface area contributed by atoms with Gasteiger partial charge in [0.25, 0.3) is 0 Å². The number of hydrogen-bond acceptors (Lipinski definition) is 0. The fourth-order valence-corrected chi connectivity index (χ4v) is 0. The minimum atomic E-state index is 0. The van der Waals surface area contributed by atoms with Crippen LogP contribution < -0.4 is 0 Å². The molecule has 0 bridgehead atoms. The predicted molar refractivity (Wildman–Crippen MR) is 0 cm³/mol. The van der Waals surface area contributed by atoms with Crippen molar-refractivity contribution < 1.29 is 2390 Å². The Morgan fingerprint density at radius 1 is 0.0161 bits per heavy atom. The van der Waals surface area contributed by atoms with Crippen molar-refractivity contribution in [3.05, 3.63) is 0 Å². The molecule has 0 N–H and O–H groups in total. The van der Waals surface area contributed by atoms with Crippen LogP contribution in [-0.2, 0) is 0 Å². The standard InChI is InChI=1S/62Tb. The summed E-state index contributed by atoms with van der Waals surface area (Å²) in [6, 6.07) is 0. The van der Waals surface area contributed by atoms with Gasteiger partial charge in [-0.2, -0.15) is 0 Å². The zero-order chi connectivity index (χ0) is 0. The van der Waals surface area contributed by atoms with Crippen molar-refractivity contribution in [2.45, 2.75) is 0 Å². The molecule has 62 radical (unpaired) electrons. The SMILES string of the molecule is [Tb].[Tb].[Tb].[Tb].[Tb].[Tb].[Tb].[Tb].[Tb].[Tb].[Tb].[Tb].[Tb].[Tb].[Tb].[Tb].[Tb].[Tb].[Tb].[Tb].[Tb].[Tb].[Tb].[Tb].[Tb].[Tb].[Tb].[Tb].[Tb].[Tb].[Tb].[Tb].[Tb].[Tb].[Tb].[Tb].[Tb].[Tb].[Tb].[Tb].[Tb].[Tb].[Tb].[Tb].[Tb].[Tb].[Tb].[Tb].[Tb].[Tb].[Tb].[Tb].[Tb].[Tb].[Tb].[Tb].[Tb].[Tb].[Tb].[Tb].[Tb].[Tb]. The predicted octanol–water partition coefficient (Wildman–Crippen LogP) is 0. The molecule has 0 amide bonds. The van der Waals surface area contributed by atoms with Crippen LogP contribution in [0.5, 0.6) is 0 Å². The van der Waals surface area contributed by atoms with E-state index >= 15 is 0 Å². The average Bonchev–Trinajstić information content (AvgIpc) is 0. The van der Waals surface area contributed by atoms with Crippen LogP contribution in [-0.4, -0.2) is 0 Å². The maximum Gasteiger partial charge on any atom is 0 e. The van der Waals surface area contributed by atoms with Crippen LogP contribution in [0.4, 0.5) is 0 Å². The molecule has 0 aromatic heterocycles. The van der Waals surface area contributed by atoms with E-state index < -0.39 is 0 Å². The van der Waals surface area contributed by atoms with Crippen molar-refractivity contribution in [3.63, 3.8) is 0 Å². The fourth-order valence-electron chi connectivity index (χ4n) is 0. The van der Waals surface area contributed by atoms with E-state index in [1.807, 2.05) is 0 Å². The van der Waals surface area contributed by atoms with Crippen LogP contribution >= 0.6 is 0 Å². The van der Waals surface area contributed by atoms with Gasteiger partial charge in [0.2, 0.25) is 0 Å². The largest absolute Gasteiger partial charge is 0 e. The van der Waals surface area contributed by atoms with Gasteiger partial charge in [-0.1, -0.05) is 0 Å². The molecule has 62 heteroatoms. The third-order valence-electron chi connectivity index (χ3n) is 0. The molecule has 0 aliphatic carbocycles. The molecule has 0 aromatic rings. The van der Waals surface area contributed by atoms with Gasteiger partial charge in [0.1, 0.15) is 0 Å². The molecule has 0 nitrogen and oxygen atoms in total. The summed E-state index contributed by atoms with van der Waals surface area (Å²) < 4.78 is 0. The van der Waals surface area contributed by atoms with Crippen LogP contribution in [0.2, 0.25) is 0 Å². The summed E-state index contributed by atoms with van der Waals surface area (Å²) >= 11 is 0. The van der Waals surface area contributed by atoms with Gasteiger partial charge >= 0.3 is 0 Å². The Morgan fingerprint density at radius 2 is 0.0161 bits per heavy atom. The van der Waals surface area contributed by atoms with Crippen molar-refractivity contribution in [1.82, 2.24) is 0 Å². The maximum absolute atomic E-state index is 0. The number of rotatable bonds is 0. The molecule has 0 saturated carbocycles. The Morgan fingerprint density at radius 3 is 0.0161 bits per heavy atom. The Kier molecular flexibility index (Phi) is 3080. The van der Waals surface area contributed by atoms with Crippen LogP contribution in [0.15, 0.2) is 0 Å². The normalized spacial score (nSPS) is 0. The molecule has 0 atom stereocenters. The monoisotopic (exact) mass is 9850 g/mol. The van der Waals surface area contributed by atoms with Crippen LogP contribution in [0.3, 0.4) is 0 Å². The van der Waals surface area contributed by atoms with Crippen LogP contribution in [0, 0.1) is 2390 Å². The van der Waals surface area contributed by atoms with E-state index in [1.165, 1.54) is 0 Å². The quantitative estimate of drug-likeness (QED) is 0.321. The first kappa shape index (κ1) is 442. The summed E-state index contributed by atoms with van der Waals surface area (Å²) in [5.41, 5.74) is 0. The average molecular weight is 9850 g/mol. The molecular weight excluding hydrogens is 9850 g/mol. The van der Waals surface area contributed by atoms with Gasteiger partial charge in [-0.25, -0.2) is 0 Å². The molecule has 0 saturated heterocycles. The summed E-state index contributed by atoms with van der Waals surface area (Å²) in [4.78, 5) is 0. The molecule has 0 aromatic carbocycles. The molecule has 0 rings (SSSR count). The van der Waals surface area contributed by atoms with Gasteiger partial charge in [0, 0.05) is 2390 Å². The zero-order valence-corrected chi connectivity index (χ0v) is 153. The fraction of sp³-hybridized carbons (Fsp3) is 0. The molecule has 0 aliphatic heterocycles. The Hall–Kier alpha value is 79.7. The second kappa shape index (κ2) is 432. The van der Waals surface area contributed by atoms with E-state index in [-0.39, 0.29) is 2390 Å². The summed E-state index contributed by atoms with van der Waals surface area (Å²) in [6.07, 6.45) is 0. The van der Waals surface area contributed by atoms with E-state index in [0.29, 0.717) is 0 Å². The third kappa shape index (κ3) is 423. The van der Waals surface area contributed by atoms with Gasteiger partial charge in [-0.3, -0.25) is 0 Å². The van der Waals surface area contributed by atoms with E-state index in [4.69, 9.17) is 0 Å². The summed E-state index contributed by atoms with van der Waals surface area (Å²) in [7, 11) is 0. The van der Waals surface area contributed by atoms with Crippen molar-refractivity contribution >= 4 is 0 Å². The third-order valence-corrected chi connectivity index (χ3v) is 0. The van der Waals surface area contributed by atoms with Crippen molar-refractivity contribution in [2.24, 2.45) is 0 Å². The number of hydrogen-bond donors (Lipinski definition) is 0. The molecule has 558 valence electrons. The molecule has 0 fully saturated rings. The first-order chi connectivity index (χ1) is 0. The van der Waals surface area contributed by atoms with E-state index in [9.17, 15) is 0 Å². The Labute approximate surface area is 2290 Å². The van der Waals surface area contributed by atoms with Crippen molar-refractivity contribution in [2.75, 3.05) is 0 Å². The topological polar surface area (TPSA) is 0 Å². The Bertz CT molecular complexity index is 0. The minimum absolute atomic E-state index is 0. The van der Waals surface area contributed by atoms with E-state index in [0.717, 1.165) is 0 Å². The molecule has 0 unspecified atom stereocenters. The molecular formula is Tb62. The minimum Gasteiger partial charge on any atom is 0 e. The van der Waals surface area contributed by atoms with Gasteiger partial charge in [0.05, 0.1) is 0 Å². The van der Waals surface area contributed by atoms with Crippen LogP contribution in [0.25, 0.3) is 0 Å². The molecule has 62 heavy (non-hydrogen) atoms. The smallest absolute Gasteiger partial charge is 0 e. The van der Waals surface area contributed by atoms with Crippen LogP contribution in [0.1, 0.15) is 0 Å². The summed E-state index contributed by atoms with van der Waals surface area (Å²) in [5, 5.41) is 0. The first-order valence-electron chi connectivity index (χ1n) is 0. The van der Waals surface area contributed by atoms with Crippen molar-refractivity contribution in [1.29, 1.82) is 0 Å². The van der Waals surface area contributed by atoms with E-state index in [2.05, 4.69) is 0 Å². The molecule has 0 spiro atoms. The first-order valence-corrected chi connectivity index (χ1v) is 0. The summed E-state index contributed by atoms with van der Waals surface area (Å²) in [5.74, 6) is 0. The summed E-state index contributed by atoms with van der Waals surface area (Å²) in [6.45, 7) is 0. The van der Waals surface area contributed by atoms with Crippen molar-refractivity contribution in [3.8, 4) is 0 Å². The van der Waals surface area contributed by atoms with Gasteiger partial charge in [-0.05, 0) is 0 Å². The maximum atomic E-state index is 0. The second-order valence-electron chi connectivity index (χ2n) is 0. The second-order valence-corrected chi connectivity index (χ2v) is 0. The molecule has 0 heterocycles. The van der Waals surface area contributed by atoms with Gasteiger partial charge in [-0.15, -0.1) is 0 Å².